The van der Waals surface area contributed by atoms with E-state index in [1.165, 1.54) is 12.8 Å². The number of nitrogens with zero attached hydrogens (tertiary/aromatic N) is 4. The van der Waals surface area contributed by atoms with E-state index < -0.39 is 0 Å². The zero-order valence-corrected chi connectivity index (χ0v) is 14.3. The van der Waals surface area contributed by atoms with Gasteiger partial charge in [-0.25, -0.2) is 14.8 Å². The van der Waals surface area contributed by atoms with Crippen molar-refractivity contribution in [2.24, 2.45) is 11.7 Å². The third-order valence-corrected chi connectivity index (χ3v) is 5.74. The Morgan fingerprint density at radius 3 is 2.83 bits per heavy atom. The zero-order chi connectivity index (χ0) is 16.5. The van der Waals surface area contributed by atoms with Crippen molar-refractivity contribution in [2.45, 2.75) is 18.9 Å². The van der Waals surface area contributed by atoms with E-state index in [9.17, 15) is 4.79 Å². The summed E-state index contributed by atoms with van der Waals surface area (Å²) in [6.07, 6.45) is 3.98. The monoisotopic (exact) mass is 346 g/mol. The number of piperazine rings is 1. The first-order valence-electron chi connectivity index (χ1n) is 8.45. The number of hydrogen-bond acceptors (Lipinski definition) is 6. The van der Waals surface area contributed by atoms with Gasteiger partial charge in [-0.15, -0.1) is 11.3 Å². The number of anilines is 1. The molecule has 1 aliphatic carbocycles. The number of amides is 2. The Hall–Kier alpha value is -1.93. The normalized spacial score (nSPS) is 19.5. The fraction of sp³-hybridized carbons (Fsp3) is 0.562. The lowest BCUT2D eigenvalue weighted by molar-refractivity contribution is 0.189. The van der Waals surface area contributed by atoms with Crippen molar-refractivity contribution < 1.29 is 4.79 Å². The summed E-state index contributed by atoms with van der Waals surface area (Å²) in [6, 6.07) is 2.16. The smallest absolute Gasteiger partial charge is 0.317 e. The quantitative estimate of drug-likeness (QED) is 0.870. The van der Waals surface area contributed by atoms with E-state index >= 15 is 0 Å². The molecule has 2 fully saturated rings. The number of thiophene rings is 1. The Morgan fingerprint density at radius 2 is 2.12 bits per heavy atom. The van der Waals surface area contributed by atoms with Crippen LogP contribution in [0.25, 0.3) is 10.2 Å². The molecular weight excluding hydrogens is 324 g/mol. The van der Waals surface area contributed by atoms with Crippen molar-refractivity contribution >= 4 is 33.4 Å². The number of carbonyl (C=O) groups excluding carboxylic acids is 1. The molecule has 1 saturated heterocycles. The van der Waals surface area contributed by atoms with E-state index in [-0.39, 0.29) is 12.1 Å². The Morgan fingerprint density at radius 1 is 1.33 bits per heavy atom. The van der Waals surface area contributed by atoms with Crippen LogP contribution in [0, 0.1) is 5.92 Å². The molecule has 8 heteroatoms. The second-order valence-corrected chi connectivity index (χ2v) is 7.35. The fourth-order valence-electron chi connectivity index (χ4n) is 3.24. The van der Waals surface area contributed by atoms with Crippen molar-refractivity contribution in [1.29, 1.82) is 0 Å². The lowest BCUT2D eigenvalue weighted by atomic mass is 10.2. The first-order chi connectivity index (χ1) is 11.8. The number of aromatic nitrogens is 2. The van der Waals surface area contributed by atoms with Crippen molar-refractivity contribution in [3.8, 4) is 0 Å². The van der Waals surface area contributed by atoms with E-state index in [1.807, 2.05) is 16.3 Å². The predicted octanol–water partition coefficient (Wildman–Crippen LogP) is 1.26. The lowest BCUT2D eigenvalue weighted by Gasteiger charge is -2.36. The maximum atomic E-state index is 12.4. The fourth-order valence-corrected chi connectivity index (χ4v) is 4.10. The number of rotatable bonds is 4. The average Bonchev–Trinajstić information content (AvgIpc) is 3.35. The van der Waals surface area contributed by atoms with Crippen LogP contribution in [-0.2, 0) is 0 Å². The minimum atomic E-state index is 0.0148. The lowest BCUT2D eigenvalue weighted by Crippen LogP contribution is -2.55. The van der Waals surface area contributed by atoms with Gasteiger partial charge in [0.1, 0.15) is 12.1 Å². The van der Waals surface area contributed by atoms with Crippen molar-refractivity contribution in [3.63, 3.8) is 0 Å². The highest BCUT2D eigenvalue weighted by Crippen LogP contribution is 2.32. The van der Waals surface area contributed by atoms with Gasteiger partial charge in [0, 0.05) is 38.8 Å². The van der Waals surface area contributed by atoms with E-state index in [0.29, 0.717) is 25.6 Å². The topological polar surface area (TPSA) is 87.4 Å². The third-order valence-electron chi connectivity index (χ3n) is 4.84. The molecule has 2 aromatic heterocycles. The largest absolute Gasteiger partial charge is 0.352 e. The van der Waals surface area contributed by atoms with E-state index in [0.717, 1.165) is 29.1 Å². The number of nitrogens with two attached hydrogens (primary N) is 1. The molecule has 1 unspecified atom stereocenters. The molecule has 7 nitrogen and oxygen atoms in total. The summed E-state index contributed by atoms with van der Waals surface area (Å²) in [4.78, 5) is 25.3. The second kappa shape index (κ2) is 6.52. The van der Waals surface area contributed by atoms with Gasteiger partial charge in [-0.3, -0.25) is 0 Å². The van der Waals surface area contributed by atoms with Crippen LogP contribution < -0.4 is 16.0 Å². The molecule has 0 spiro atoms. The molecule has 3 N–H and O–H groups in total. The van der Waals surface area contributed by atoms with Gasteiger partial charge < -0.3 is 20.9 Å². The first kappa shape index (κ1) is 15.6. The molecule has 3 heterocycles. The number of carbonyl (C=O) groups is 1. The highest BCUT2D eigenvalue weighted by molar-refractivity contribution is 7.17. The van der Waals surface area contributed by atoms with Crippen LogP contribution in [0.3, 0.4) is 0 Å². The SMILES string of the molecule is NCC(NC(=O)N1CCN(c2ncnc3ccsc23)CC1)C1CC1. The molecule has 1 atom stereocenters. The number of fused-ring (bicyclic) bond motifs is 1. The van der Waals surface area contributed by atoms with Gasteiger partial charge in [0.25, 0.3) is 0 Å². The molecule has 1 saturated carbocycles. The van der Waals surface area contributed by atoms with Crippen LogP contribution in [0.1, 0.15) is 12.8 Å². The van der Waals surface area contributed by atoms with Crippen LogP contribution in [0.4, 0.5) is 10.6 Å². The van der Waals surface area contributed by atoms with Gasteiger partial charge in [-0.05, 0) is 30.2 Å². The number of urea groups is 1. The Labute approximate surface area is 144 Å². The molecule has 1 aliphatic heterocycles. The van der Waals surface area contributed by atoms with Crippen LogP contribution in [0.2, 0.25) is 0 Å². The maximum absolute atomic E-state index is 12.4. The van der Waals surface area contributed by atoms with Crippen molar-refractivity contribution in [1.82, 2.24) is 20.2 Å². The predicted molar refractivity (Wildman–Crippen MR) is 95.3 cm³/mol. The van der Waals surface area contributed by atoms with Gasteiger partial charge in [0.15, 0.2) is 0 Å². The van der Waals surface area contributed by atoms with Crippen LogP contribution in [-0.4, -0.2) is 59.7 Å². The van der Waals surface area contributed by atoms with Gasteiger partial charge in [-0.1, -0.05) is 0 Å². The Bertz CT molecular complexity index is 722. The summed E-state index contributed by atoms with van der Waals surface area (Å²) in [5.74, 6) is 1.56. The van der Waals surface area contributed by atoms with Gasteiger partial charge in [-0.2, -0.15) is 0 Å². The van der Waals surface area contributed by atoms with E-state index in [4.69, 9.17) is 5.73 Å². The standard InChI is InChI=1S/C16H22N6OS/c17-9-13(11-1-2-11)20-16(23)22-6-4-21(5-7-22)15-14-12(3-8-24-14)18-10-19-15/h3,8,10-11,13H,1-2,4-7,9,17H2,(H,20,23). The third kappa shape index (κ3) is 3.03. The van der Waals surface area contributed by atoms with E-state index in [2.05, 4.69) is 20.2 Å². The van der Waals surface area contributed by atoms with E-state index in [1.54, 1.807) is 17.7 Å². The second-order valence-electron chi connectivity index (χ2n) is 6.44. The Kier molecular flexibility index (Phi) is 4.24. The summed E-state index contributed by atoms with van der Waals surface area (Å²) in [5.41, 5.74) is 6.76. The summed E-state index contributed by atoms with van der Waals surface area (Å²) < 4.78 is 1.12. The molecule has 2 aliphatic rings. The molecule has 0 aromatic carbocycles. The maximum Gasteiger partial charge on any atom is 0.317 e. The summed E-state index contributed by atoms with van der Waals surface area (Å²) in [6.45, 7) is 3.49. The van der Waals surface area contributed by atoms with Crippen molar-refractivity contribution in [3.05, 3.63) is 17.8 Å². The van der Waals surface area contributed by atoms with Gasteiger partial charge >= 0.3 is 6.03 Å². The minimum absolute atomic E-state index is 0.0148. The molecule has 2 aromatic rings. The van der Waals surface area contributed by atoms with Crippen molar-refractivity contribution in [2.75, 3.05) is 37.6 Å². The molecule has 128 valence electrons. The summed E-state index contributed by atoms with van der Waals surface area (Å²) in [5, 5.41) is 5.14. The highest BCUT2D eigenvalue weighted by atomic mass is 32.1. The average molecular weight is 346 g/mol. The first-order valence-corrected chi connectivity index (χ1v) is 9.33. The molecule has 0 bridgehead atoms. The molecule has 4 rings (SSSR count). The number of hydrogen-bond donors (Lipinski definition) is 2. The molecule has 24 heavy (non-hydrogen) atoms. The highest BCUT2D eigenvalue weighted by Gasteiger charge is 2.33. The van der Waals surface area contributed by atoms with Crippen LogP contribution in [0.5, 0.6) is 0 Å². The minimum Gasteiger partial charge on any atom is -0.352 e. The summed E-state index contributed by atoms with van der Waals surface area (Å²) >= 11 is 1.66. The summed E-state index contributed by atoms with van der Waals surface area (Å²) in [7, 11) is 0. The Balaban J connectivity index is 1.38. The molecular formula is C16H22N6OS. The number of nitrogens with one attached hydrogen (secondary N) is 1. The molecule has 0 radical (unpaired) electrons. The van der Waals surface area contributed by atoms with Gasteiger partial charge in [0.2, 0.25) is 0 Å². The zero-order valence-electron chi connectivity index (χ0n) is 13.5. The van der Waals surface area contributed by atoms with Crippen LogP contribution in [0.15, 0.2) is 17.8 Å². The molecule has 2 amide bonds. The van der Waals surface area contributed by atoms with Gasteiger partial charge in [0.05, 0.1) is 10.2 Å². The van der Waals surface area contributed by atoms with Crippen LogP contribution >= 0.6 is 11.3 Å².